The second-order valence-corrected chi connectivity index (χ2v) is 8.67. The van der Waals surface area contributed by atoms with E-state index in [1.54, 1.807) is 0 Å². The van der Waals surface area contributed by atoms with Crippen LogP contribution in [0.1, 0.15) is 19.3 Å². The number of hydrogen-bond acceptors (Lipinski definition) is 8. The molecule has 0 amide bonds. The third-order valence-electron chi connectivity index (χ3n) is 6.92. The maximum atomic E-state index is 5.54. The van der Waals surface area contributed by atoms with Crippen LogP contribution < -0.4 is 14.7 Å². The zero-order valence-electron chi connectivity index (χ0n) is 17.7. The van der Waals surface area contributed by atoms with E-state index in [0.717, 1.165) is 80.8 Å². The number of anilines is 3. The number of hydrogen-bond donors (Lipinski definition) is 0. The van der Waals surface area contributed by atoms with Gasteiger partial charge in [0.2, 0.25) is 5.95 Å². The smallest absolute Gasteiger partial charge is 0.225 e. The van der Waals surface area contributed by atoms with Crippen molar-refractivity contribution < 1.29 is 4.74 Å². The largest absolute Gasteiger partial charge is 0.378 e. The van der Waals surface area contributed by atoms with Crippen LogP contribution in [0.2, 0.25) is 0 Å². The van der Waals surface area contributed by atoms with Gasteiger partial charge in [0.05, 0.1) is 24.3 Å². The molecule has 1 unspecified atom stereocenters. The molecule has 3 fully saturated rings. The monoisotopic (exact) mass is 417 g/mol. The summed E-state index contributed by atoms with van der Waals surface area (Å²) >= 11 is 0. The molecule has 8 nitrogen and oxygen atoms in total. The highest BCUT2D eigenvalue weighted by atomic mass is 16.5. The Bertz CT molecular complexity index is 1070. The van der Waals surface area contributed by atoms with E-state index >= 15 is 0 Å². The SMILES string of the molecule is c1cnc(N2CCCC23CCN(c2nc(N4CCOCC4)cc4ncccc24)C3)nc1. The zero-order chi connectivity index (χ0) is 20.7. The highest BCUT2D eigenvalue weighted by Gasteiger charge is 2.47. The molecule has 3 saturated heterocycles. The first-order valence-electron chi connectivity index (χ1n) is 11.2. The lowest BCUT2D eigenvalue weighted by molar-refractivity contribution is 0.122. The van der Waals surface area contributed by atoms with Crippen LogP contribution in [0.4, 0.5) is 17.6 Å². The van der Waals surface area contributed by atoms with Crippen LogP contribution in [0.3, 0.4) is 0 Å². The van der Waals surface area contributed by atoms with Gasteiger partial charge in [0.25, 0.3) is 0 Å². The number of nitrogens with zero attached hydrogens (tertiary/aromatic N) is 7. The van der Waals surface area contributed by atoms with Gasteiger partial charge in [0.15, 0.2) is 0 Å². The first-order chi connectivity index (χ1) is 15.3. The van der Waals surface area contributed by atoms with Crippen LogP contribution in [-0.2, 0) is 4.74 Å². The summed E-state index contributed by atoms with van der Waals surface area (Å²) in [5.74, 6) is 2.90. The van der Waals surface area contributed by atoms with E-state index in [2.05, 4.69) is 41.8 Å². The number of morpholine rings is 1. The minimum atomic E-state index is 0.0759. The van der Waals surface area contributed by atoms with E-state index in [1.807, 2.05) is 30.7 Å². The van der Waals surface area contributed by atoms with Crippen molar-refractivity contribution in [2.24, 2.45) is 0 Å². The summed E-state index contributed by atoms with van der Waals surface area (Å²) in [6.45, 7) is 6.16. The normalized spacial score (nSPS) is 23.9. The van der Waals surface area contributed by atoms with Crippen molar-refractivity contribution >= 4 is 28.5 Å². The standard InChI is InChI=1S/C23H27N7O/c1-4-18-19(24-7-1)16-20(28-12-14-31-15-13-28)27-21(18)29-11-6-23(17-29)5-2-10-30(23)22-25-8-3-9-26-22/h1,3-4,7-9,16H,2,5-6,10-15,17H2. The maximum Gasteiger partial charge on any atom is 0.225 e. The summed E-state index contributed by atoms with van der Waals surface area (Å²) in [5.41, 5.74) is 1.08. The van der Waals surface area contributed by atoms with E-state index < -0.39 is 0 Å². The van der Waals surface area contributed by atoms with Crippen LogP contribution in [0.5, 0.6) is 0 Å². The fraction of sp³-hybridized carbons (Fsp3) is 0.478. The van der Waals surface area contributed by atoms with Crippen molar-refractivity contribution in [2.45, 2.75) is 24.8 Å². The summed E-state index contributed by atoms with van der Waals surface area (Å²) in [5, 5.41) is 1.12. The van der Waals surface area contributed by atoms with Gasteiger partial charge in [-0.3, -0.25) is 4.98 Å². The second kappa shape index (κ2) is 7.60. The fourth-order valence-electron chi connectivity index (χ4n) is 5.38. The van der Waals surface area contributed by atoms with Crippen LogP contribution in [0.15, 0.2) is 42.9 Å². The van der Waals surface area contributed by atoms with Crippen molar-refractivity contribution in [3.8, 4) is 0 Å². The Labute approximate surface area is 181 Å². The van der Waals surface area contributed by atoms with Crippen molar-refractivity contribution in [1.82, 2.24) is 19.9 Å². The molecule has 0 bridgehead atoms. The molecular weight excluding hydrogens is 390 g/mol. The quantitative estimate of drug-likeness (QED) is 0.644. The number of fused-ring (bicyclic) bond motifs is 1. The molecule has 0 aromatic carbocycles. The van der Waals surface area contributed by atoms with E-state index in [1.165, 1.54) is 12.8 Å². The molecule has 0 radical (unpaired) electrons. The Morgan fingerprint density at radius 2 is 1.71 bits per heavy atom. The first kappa shape index (κ1) is 18.7. The van der Waals surface area contributed by atoms with Crippen molar-refractivity contribution in [2.75, 3.05) is 60.6 Å². The average Bonchev–Trinajstić information content (AvgIpc) is 3.46. The molecule has 8 heteroatoms. The Hall–Kier alpha value is -3.00. The first-order valence-corrected chi connectivity index (χ1v) is 11.2. The molecule has 1 atom stereocenters. The summed E-state index contributed by atoms with van der Waals surface area (Å²) in [4.78, 5) is 26.1. The van der Waals surface area contributed by atoms with Crippen molar-refractivity contribution in [3.05, 3.63) is 42.9 Å². The Kier molecular flexibility index (Phi) is 4.60. The van der Waals surface area contributed by atoms with Crippen LogP contribution in [0, 0.1) is 0 Å². The van der Waals surface area contributed by atoms with Gasteiger partial charge < -0.3 is 19.4 Å². The van der Waals surface area contributed by atoms with Gasteiger partial charge >= 0.3 is 0 Å². The molecule has 1 spiro atoms. The van der Waals surface area contributed by atoms with Gasteiger partial charge in [-0.05, 0) is 37.5 Å². The lowest BCUT2D eigenvalue weighted by Gasteiger charge is -2.35. The van der Waals surface area contributed by atoms with E-state index in [4.69, 9.17) is 9.72 Å². The number of ether oxygens (including phenoxy) is 1. The molecule has 0 N–H and O–H groups in total. The van der Waals surface area contributed by atoms with Gasteiger partial charge in [-0.2, -0.15) is 0 Å². The zero-order valence-corrected chi connectivity index (χ0v) is 17.7. The Morgan fingerprint density at radius 1 is 0.871 bits per heavy atom. The third kappa shape index (κ3) is 3.26. The third-order valence-corrected chi connectivity index (χ3v) is 6.92. The van der Waals surface area contributed by atoms with Crippen LogP contribution in [0.25, 0.3) is 10.9 Å². The maximum absolute atomic E-state index is 5.54. The van der Waals surface area contributed by atoms with E-state index in [9.17, 15) is 0 Å². The predicted molar refractivity (Wildman–Crippen MR) is 121 cm³/mol. The number of aromatic nitrogens is 4. The van der Waals surface area contributed by atoms with Crippen LogP contribution >= 0.6 is 0 Å². The molecule has 3 aromatic heterocycles. The predicted octanol–water partition coefficient (Wildman–Crippen LogP) is 2.51. The molecule has 31 heavy (non-hydrogen) atoms. The average molecular weight is 418 g/mol. The summed E-state index contributed by atoms with van der Waals surface area (Å²) < 4.78 is 5.54. The van der Waals surface area contributed by atoms with Crippen molar-refractivity contribution in [1.29, 1.82) is 0 Å². The highest BCUT2D eigenvalue weighted by molar-refractivity contribution is 5.92. The minimum absolute atomic E-state index is 0.0759. The molecule has 0 saturated carbocycles. The molecule has 3 aliphatic heterocycles. The van der Waals surface area contributed by atoms with Gasteiger partial charge in [0, 0.05) is 62.8 Å². The minimum Gasteiger partial charge on any atom is -0.378 e. The molecule has 0 aliphatic carbocycles. The molecular formula is C23H27N7O. The summed E-state index contributed by atoms with van der Waals surface area (Å²) in [6, 6.07) is 8.15. The topological polar surface area (TPSA) is 70.5 Å². The molecule has 6 rings (SSSR count). The Morgan fingerprint density at radius 3 is 2.58 bits per heavy atom. The Balaban J connectivity index is 1.36. The number of pyridine rings is 2. The van der Waals surface area contributed by atoms with Crippen LogP contribution in [-0.4, -0.2) is 71.4 Å². The molecule has 3 aromatic rings. The van der Waals surface area contributed by atoms with Crippen molar-refractivity contribution in [3.63, 3.8) is 0 Å². The van der Waals surface area contributed by atoms with Gasteiger partial charge in [-0.15, -0.1) is 0 Å². The van der Waals surface area contributed by atoms with E-state index in [-0.39, 0.29) is 5.54 Å². The number of rotatable bonds is 3. The highest BCUT2D eigenvalue weighted by Crippen LogP contribution is 2.42. The molecule has 6 heterocycles. The van der Waals surface area contributed by atoms with Gasteiger partial charge in [0.1, 0.15) is 11.6 Å². The lowest BCUT2D eigenvalue weighted by atomic mass is 9.95. The van der Waals surface area contributed by atoms with E-state index in [0.29, 0.717) is 0 Å². The lowest BCUT2D eigenvalue weighted by Crippen LogP contribution is -2.47. The fourth-order valence-corrected chi connectivity index (χ4v) is 5.38. The van der Waals surface area contributed by atoms with Gasteiger partial charge in [-0.1, -0.05) is 0 Å². The summed E-state index contributed by atoms with van der Waals surface area (Å²) in [7, 11) is 0. The summed E-state index contributed by atoms with van der Waals surface area (Å²) in [6.07, 6.45) is 8.99. The second-order valence-electron chi connectivity index (χ2n) is 8.67. The van der Waals surface area contributed by atoms with Gasteiger partial charge in [-0.25, -0.2) is 15.0 Å². The molecule has 160 valence electrons. The molecule has 3 aliphatic rings.